The van der Waals surface area contributed by atoms with E-state index in [-0.39, 0.29) is 24.4 Å². The molecule has 2 amide bonds. The number of carbonyl (C=O) groups excluding carboxylic acids is 2. The first-order chi connectivity index (χ1) is 17.0. The van der Waals surface area contributed by atoms with Crippen molar-refractivity contribution in [1.82, 2.24) is 25.5 Å². The van der Waals surface area contributed by atoms with Crippen molar-refractivity contribution in [3.05, 3.63) is 53.6 Å². The Morgan fingerprint density at radius 3 is 2.60 bits per heavy atom. The third-order valence-electron chi connectivity index (χ3n) is 5.99. The van der Waals surface area contributed by atoms with Gasteiger partial charge in [-0.15, -0.1) is 10.2 Å². The Labute approximate surface area is 209 Å². The Kier molecular flexibility index (Phi) is 7.97. The highest BCUT2D eigenvalue weighted by Gasteiger charge is 2.31. The van der Waals surface area contributed by atoms with Crippen LogP contribution in [-0.4, -0.2) is 50.7 Å². The minimum absolute atomic E-state index is 0.142. The van der Waals surface area contributed by atoms with Crippen LogP contribution in [0.1, 0.15) is 39.5 Å². The van der Waals surface area contributed by atoms with Gasteiger partial charge in [0.15, 0.2) is 0 Å². The van der Waals surface area contributed by atoms with E-state index in [0.717, 1.165) is 31.2 Å². The molecule has 0 unspecified atom stereocenters. The molecule has 4 rings (SSSR count). The second-order valence-corrected chi connectivity index (χ2v) is 8.92. The second kappa shape index (κ2) is 11.3. The molecule has 1 N–H and O–H groups in total. The average Bonchev–Trinajstić information content (AvgIpc) is 3.53. The summed E-state index contributed by atoms with van der Waals surface area (Å²) in [4.78, 5) is 29.4. The van der Waals surface area contributed by atoms with Crippen LogP contribution in [0.15, 0.2) is 48.5 Å². The van der Waals surface area contributed by atoms with Crippen LogP contribution >= 0.6 is 11.6 Å². The number of tetrazole rings is 1. The summed E-state index contributed by atoms with van der Waals surface area (Å²) in [6.07, 6.45) is 4.11. The highest BCUT2D eigenvalue weighted by molar-refractivity contribution is 6.30. The first-order valence-corrected chi connectivity index (χ1v) is 12.2. The Morgan fingerprint density at radius 2 is 1.89 bits per heavy atom. The molecule has 3 aromatic rings. The highest BCUT2D eigenvalue weighted by atomic mass is 35.5. The van der Waals surface area contributed by atoms with Gasteiger partial charge in [-0.3, -0.25) is 14.5 Å². The fourth-order valence-corrected chi connectivity index (χ4v) is 4.35. The van der Waals surface area contributed by atoms with Crippen LogP contribution in [-0.2, 0) is 16.1 Å². The molecule has 1 saturated carbocycles. The number of hydrogen-bond donors (Lipinski definition) is 1. The van der Waals surface area contributed by atoms with Gasteiger partial charge in [-0.1, -0.05) is 36.6 Å². The average molecular weight is 497 g/mol. The van der Waals surface area contributed by atoms with E-state index in [9.17, 15) is 9.59 Å². The normalized spacial score (nSPS) is 14.5. The molecule has 1 aliphatic rings. The molecular formula is C25H29ClN6O3. The van der Waals surface area contributed by atoms with E-state index in [4.69, 9.17) is 16.3 Å². The Hall–Kier alpha value is -3.46. The molecule has 0 spiro atoms. The third kappa shape index (κ3) is 5.97. The molecule has 1 aliphatic carbocycles. The lowest BCUT2D eigenvalue weighted by Gasteiger charge is -2.30. The quantitative estimate of drug-likeness (QED) is 0.482. The Balaban J connectivity index is 1.58. The molecule has 1 aromatic heterocycles. The third-order valence-corrected chi connectivity index (χ3v) is 6.25. The second-order valence-electron chi connectivity index (χ2n) is 8.48. The number of halogens is 1. The monoisotopic (exact) mass is 496 g/mol. The first kappa shape index (κ1) is 24.7. The van der Waals surface area contributed by atoms with Crippen molar-refractivity contribution in [2.45, 2.75) is 58.2 Å². The van der Waals surface area contributed by atoms with Crippen LogP contribution in [0.2, 0.25) is 5.02 Å². The standard InChI is InChI=1S/C25H29ClN6O3/c1-3-35-22-11-7-6-10-21(22)32(17(2)25(34)27-20-8-4-5-9-20)23(33)16-31-29-24(28-30-31)18-12-14-19(26)15-13-18/h6-7,10-15,17,20H,3-5,8-9,16H2,1-2H3,(H,27,34)/t17-/m1/s1. The van der Waals surface area contributed by atoms with Crippen molar-refractivity contribution in [1.29, 1.82) is 0 Å². The first-order valence-electron chi connectivity index (χ1n) is 11.8. The topological polar surface area (TPSA) is 102 Å². The van der Waals surface area contributed by atoms with Crippen molar-refractivity contribution in [3.63, 3.8) is 0 Å². The summed E-state index contributed by atoms with van der Waals surface area (Å²) < 4.78 is 5.77. The SMILES string of the molecule is CCOc1ccccc1N(C(=O)Cn1nnc(-c2ccc(Cl)cc2)n1)[C@H](C)C(=O)NC1CCCC1. The van der Waals surface area contributed by atoms with Crippen molar-refractivity contribution in [3.8, 4) is 17.1 Å². The molecule has 0 saturated heterocycles. The molecule has 35 heavy (non-hydrogen) atoms. The lowest BCUT2D eigenvalue weighted by atomic mass is 10.1. The lowest BCUT2D eigenvalue weighted by Crippen LogP contribution is -2.51. The van der Waals surface area contributed by atoms with Gasteiger partial charge >= 0.3 is 0 Å². The lowest BCUT2D eigenvalue weighted by molar-refractivity contribution is -0.127. The van der Waals surface area contributed by atoms with E-state index in [1.54, 1.807) is 43.3 Å². The summed E-state index contributed by atoms with van der Waals surface area (Å²) in [6, 6.07) is 13.6. The maximum atomic E-state index is 13.6. The summed E-state index contributed by atoms with van der Waals surface area (Å²) in [7, 11) is 0. The van der Waals surface area contributed by atoms with Gasteiger partial charge in [0, 0.05) is 16.6 Å². The zero-order chi connectivity index (χ0) is 24.8. The summed E-state index contributed by atoms with van der Waals surface area (Å²) in [5.41, 5.74) is 1.25. The number of nitrogens with one attached hydrogen (secondary N) is 1. The van der Waals surface area contributed by atoms with E-state index in [0.29, 0.717) is 28.9 Å². The van der Waals surface area contributed by atoms with Crippen LogP contribution in [0.5, 0.6) is 5.75 Å². The molecule has 10 heteroatoms. The van der Waals surface area contributed by atoms with Gasteiger partial charge in [0.1, 0.15) is 18.3 Å². The van der Waals surface area contributed by atoms with Crippen molar-refractivity contribution < 1.29 is 14.3 Å². The zero-order valence-corrected chi connectivity index (χ0v) is 20.6. The van der Waals surface area contributed by atoms with E-state index in [1.807, 2.05) is 19.1 Å². The molecule has 184 valence electrons. The molecule has 1 atom stereocenters. The summed E-state index contributed by atoms with van der Waals surface area (Å²) in [6.45, 7) is 3.83. The molecule has 0 bridgehead atoms. The van der Waals surface area contributed by atoms with Crippen LogP contribution in [0.3, 0.4) is 0 Å². The van der Waals surface area contributed by atoms with Crippen molar-refractivity contribution >= 4 is 29.1 Å². The van der Waals surface area contributed by atoms with Crippen molar-refractivity contribution in [2.24, 2.45) is 0 Å². The number of aromatic nitrogens is 4. The van der Waals surface area contributed by atoms with Gasteiger partial charge < -0.3 is 10.1 Å². The van der Waals surface area contributed by atoms with Gasteiger partial charge in [-0.2, -0.15) is 4.80 Å². The Morgan fingerprint density at radius 1 is 1.17 bits per heavy atom. The van der Waals surface area contributed by atoms with E-state index in [1.165, 1.54) is 9.70 Å². The van der Waals surface area contributed by atoms with Crippen LogP contribution in [0.25, 0.3) is 11.4 Å². The minimum atomic E-state index is -0.760. The predicted octanol–water partition coefficient (Wildman–Crippen LogP) is 3.87. The molecule has 0 aliphatic heterocycles. The number of para-hydroxylation sites is 2. The summed E-state index contributed by atoms with van der Waals surface area (Å²) >= 11 is 5.96. The summed E-state index contributed by atoms with van der Waals surface area (Å²) in [5, 5.41) is 16.1. The van der Waals surface area contributed by atoms with Gasteiger partial charge in [0.25, 0.3) is 5.91 Å². The molecular weight excluding hydrogens is 468 g/mol. The van der Waals surface area contributed by atoms with Gasteiger partial charge in [-0.25, -0.2) is 0 Å². The summed E-state index contributed by atoms with van der Waals surface area (Å²) in [5.74, 6) is 0.344. The number of amides is 2. The Bertz CT molecular complexity index is 1160. The molecule has 1 fully saturated rings. The smallest absolute Gasteiger partial charge is 0.251 e. The molecule has 9 nitrogen and oxygen atoms in total. The highest BCUT2D eigenvalue weighted by Crippen LogP contribution is 2.30. The van der Waals surface area contributed by atoms with Crippen molar-refractivity contribution in [2.75, 3.05) is 11.5 Å². The van der Waals surface area contributed by atoms with E-state index >= 15 is 0 Å². The zero-order valence-electron chi connectivity index (χ0n) is 19.9. The van der Waals surface area contributed by atoms with Gasteiger partial charge in [0.2, 0.25) is 11.7 Å². The minimum Gasteiger partial charge on any atom is -0.492 e. The fraction of sp³-hybridized carbons (Fsp3) is 0.400. The van der Waals surface area contributed by atoms with Crippen LogP contribution in [0, 0.1) is 0 Å². The largest absolute Gasteiger partial charge is 0.492 e. The maximum absolute atomic E-state index is 13.6. The van der Waals surface area contributed by atoms with Crippen LogP contribution < -0.4 is 15.0 Å². The number of rotatable bonds is 9. The number of anilines is 1. The number of ether oxygens (including phenoxy) is 1. The van der Waals surface area contributed by atoms with Gasteiger partial charge in [-0.05, 0) is 68.3 Å². The molecule has 1 heterocycles. The van der Waals surface area contributed by atoms with E-state index in [2.05, 4.69) is 20.7 Å². The van der Waals surface area contributed by atoms with E-state index < -0.39 is 6.04 Å². The van der Waals surface area contributed by atoms with Gasteiger partial charge in [0.05, 0.1) is 12.3 Å². The molecule has 2 aromatic carbocycles. The fourth-order valence-electron chi connectivity index (χ4n) is 4.22. The maximum Gasteiger partial charge on any atom is 0.251 e. The van der Waals surface area contributed by atoms with Crippen LogP contribution in [0.4, 0.5) is 5.69 Å². The number of hydrogen-bond acceptors (Lipinski definition) is 6. The number of carbonyl (C=O) groups is 2. The number of nitrogens with zero attached hydrogens (tertiary/aromatic N) is 5. The number of benzene rings is 2. The molecule has 0 radical (unpaired) electrons. The predicted molar refractivity (Wildman–Crippen MR) is 133 cm³/mol.